The highest BCUT2D eigenvalue weighted by Gasteiger charge is 2.34. The van der Waals surface area contributed by atoms with Gasteiger partial charge in [0.15, 0.2) is 0 Å². The van der Waals surface area contributed by atoms with Crippen LogP contribution in [-0.2, 0) is 11.3 Å². The molecule has 146 valence electrons. The fraction of sp³-hybridized carbons (Fsp3) is 0.0800. The average Bonchev–Trinajstić information content (AvgIpc) is 2.80. The molecule has 0 saturated heterocycles. The first-order valence-electron chi connectivity index (χ1n) is 9.41. The number of amides is 2. The molecule has 0 aromatic heterocycles. The van der Waals surface area contributed by atoms with E-state index in [1.807, 2.05) is 18.2 Å². The third kappa shape index (κ3) is 3.59. The second kappa shape index (κ2) is 8.06. The summed E-state index contributed by atoms with van der Waals surface area (Å²) in [5.41, 5.74) is 3.71. The van der Waals surface area contributed by atoms with Crippen molar-refractivity contribution in [1.29, 1.82) is 5.26 Å². The van der Waals surface area contributed by atoms with E-state index in [9.17, 15) is 9.59 Å². The Kier molecular flexibility index (Phi) is 5.15. The largest absolute Gasteiger partial charge is 0.497 e. The Morgan fingerprint density at radius 2 is 1.57 bits per heavy atom. The van der Waals surface area contributed by atoms with Crippen molar-refractivity contribution in [3.05, 3.63) is 101 Å². The monoisotopic (exact) mass is 394 g/mol. The number of fused-ring (bicyclic) bond motifs is 1. The van der Waals surface area contributed by atoms with Gasteiger partial charge in [0.2, 0.25) is 0 Å². The molecule has 1 aliphatic rings. The zero-order valence-electron chi connectivity index (χ0n) is 16.3. The van der Waals surface area contributed by atoms with Crippen molar-refractivity contribution in [2.75, 3.05) is 7.11 Å². The molecule has 5 nitrogen and oxygen atoms in total. The summed E-state index contributed by atoms with van der Waals surface area (Å²) in [6, 6.07) is 23.4. The number of benzene rings is 3. The number of hydrogen-bond donors (Lipinski definition) is 0. The molecule has 3 aromatic rings. The Balaban J connectivity index is 1.74. The number of methoxy groups -OCH3 is 1. The molecule has 0 saturated carbocycles. The summed E-state index contributed by atoms with van der Waals surface area (Å²) >= 11 is 0. The highest BCUT2D eigenvalue weighted by atomic mass is 16.5. The van der Waals surface area contributed by atoms with Crippen molar-refractivity contribution in [2.24, 2.45) is 0 Å². The number of nitrogens with zero attached hydrogens (tertiary/aromatic N) is 2. The number of carbonyl (C=O) groups excluding carboxylic acids is 2. The van der Waals surface area contributed by atoms with E-state index in [-0.39, 0.29) is 18.4 Å². The van der Waals surface area contributed by atoms with E-state index in [0.717, 1.165) is 11.1 Å². The fourth-order valence-corrected chi connectivity index (χ4v) is 3.42. The van der Waals surface area contributed by atoms with Crippen molar-refractivity contribution in [1.82, 2.24) is 4.90 Å². The minimum absolute atomic E-state index is 0.167. The van der Waals surface area contributed by atoms with E-state index in [2.05, 4.69) is 6.07 Å². The molecule has 0 bridgehead atoms. The summed E-state index contributed by atoms with van der Waals surface area (Å²) in [6.07, 6.45) is 1.76. The Hall–Kier alpha value is -4.17. The maximum Gasteiger partial charge on any atom is 0.261 e. The fourth-order valence-electron chi connectivity index (χ4n) is 3.42. The van der Waals surface area contributed by atoms with Crippen LogP contribution < -0.4 is 4.74 Å². The third-order valence-electron chi connectivity index (χ3n) is 5.02. The molecule has 4 rings (SSSR count). The van der Waals surface area contributed by atoms with Crippen LogP contribution in [0.2, 0.25) is 0 Å². The average molecular weight is 394 g/mol. The van der Waals surface area contributed by atoms with Gasteiger partial charge in [0.05, 0.1) is 25.3 Å². The predicted octanol–water partition coefficient (Wildman–Crippen LogP) is 4.29. The summed E-state index contributed by atoms with van der Waals surface area (Å²) in [5.74, 6) is 0.0454. The topological polar surface area (TPSA) is 70.4 Å². The lowest BCUT2D eigenvalue weighted by Gasteiger charge is -2.28. The van der Waals surface area contributed by atoms with Gasteiger partial charge in [-0.3, -0.25) is 14.5 Å². The van der Waals surface area contributed by atoms with Crippen LogP contribution in [0.4, 0.5) is 0 Å². The maximum atomic E-state index is 13.3. The molecular weight excluding hydrogens is 376 g/mol. The molecule has 2 amide bonds. The number of rotatable bonds is 4. The summed E-state index contributed by atoms with van der Waals surface area (Å²) in [7, 11) is 1.59. The van der Waals surface area contributed by atoms with Gasteiger partial charge in [0.1, 0.15) is 5.75 Å². The summed E-state index contributed by atoms with van der Waals surface area (Å²) in [5, 5.41) is 8.99. The van der Waals surface area contributed by atoms with Crippen molar-refractivity contribution >= 4 is 23.5 Å². The summed E-state index contributed by atoms with van der Waals surface area (Å²) < 4.78 is 5.17. The van der Waals surface area contributed by atoms with Gasteiger partial charge in [-0.15, -0.1) is 0 Å². The van der Waals surface area contributed by atoms with Crippen LogP contribution in [0.3, 0.4) is 0 Å². The van der Waals surface area contributed by atoms with Crippen LogP contribution in [-0.4, -0.2) is 23.8 Å². The standard InChI is InChI=1S/C25H18N2O3/c1-30-20-12-10-19(11-13-20)16-27-24(28)22-5-3-2-4-21(22)23(25(27)29)14-17-6-8-18(15-26)9-7-17/h2-14H,16H2,1H3. The van der Waals surface area contributed by atoms with Gasteiger partial charge in [0.25, 0.3) is 11.8 Å². The van der Waals surface area contributed by atoms with Crippen molar-refractivity contribution < 1.29 is 14.3 Å². The first-order chi connectivity index (χ1) is 14.6. The van der Waals surface area contributed by atoms with Crippen LogP contribution in [0.25, 0.3) is 11.6 Å². The minimum Gasteiger partial charge on any atom is -0.497 e. The number of nitriles is 1. The molecule has 0 fully saturated rings. The van der Waals surface area contributed by atoms with E-state index < -0.39 is 0 Å². The van der Waals surface area contributed by atoms with Crippen molar-refractivity contribution in [3.63, 3.8) is 0 Å². The number of imide groups is 1. The van der Waals surface area contributed by atoms with Gasteiger partial charge < -0.3 is 4.74 Å². The van der Waals surface area contributed by atoms with Gasteiger partial charge in [-0.05, 0) is 53.1 Å². The van der Waals surface area contributed by atoms with Crippen LogP contribution in [0.1, 0.15) is 32.6 Å². The highest BCUT2D eigenvalue weighted by molar-refractivity contribution is 6.33. The van der Waals surface area contributed by atoms with Crippen molar-refractivity contribution in [2.45, 2.75) is 6.54 Å². The van der Waals surface area contributed by atoms with Crippen LogP contribution >= 0.6 is 0 Å². The van der Waals surface area contributed by atoms with E-state index >= 15 is 0 Å². The van der Waals surface area contributed by atoms with E-state index in [1.165, 1.54) is 4.90 Å². The van der Waals surface area contributed by atoms with E-state index in [0.29, 0.717) is 28.0 Å². The van der Waals surface area contributed by atoms with Crippen LogP contribution in [0.5, 0.6) is 5.75 Å². The predicted molar refractivity (Wildman–Crippen MR) is 113 cm³/mol. The molecular formula is C25H18N2O3. The number of ether oxygens (including phenoxy) is 1. The Labute approximate surface area is 174 Å². The lowest BCUT2D eigenvalue weighted by atomic mass is 9.91. The number of hydrogen-bond acceptors (Lipinski definition) is 4. The number of carbonyl (C=O) groups is 2. The first kappa shape index (κ1) is 19.2. The SMILES string of the molecule is COc1ccc(CN2C(=O)C(=Cc3ccc(C#N)cc3)c3ccccc3C2=O)cc1. The van der Waals surface area contributed by atoms with E-state index in [1.54, 1.807) is 67.8 Å². The second-order valence-corrected chi connectivity index (χ2v) is 6.88. The second-order valence-electron chi connectivity index (χ2n) is 6.88. The lowest BCUT2D eigenvalue weighted by Crippen LogP contribution is -2.41. The minimum atomic E-state index is -0.348. The summed E-state index contributed by atoms with van der Waals surface area (Å²) in [6.45, 7) is 0.167. The Bertz CT molecular complexity index is 1190. The Morgan fingerprint density at radius 3 is 2.20 bits per heavy atom. The summed E-state index contributed by atoms with van der Waals surface area (Å²) in [4.78, 5) is 27.6. The maximum absolute atomic E-state index is 13.3. The highest BCUT2D eigenvalue weighted by Crippen LogP contribution is 2.31. The normalized spacial score (nSPS) is 14.4. The Morgan fingerprint density at radius 1 is 0.900 bits per heavy atom. The molecule has 5 heteroatoms. The molecule has 0 atom stereocenters. The quantitative estimate of drug-likeness (QED) is 0.489. The smallest absolute Gasteiger partial charge is 0.261 e. The molecule has 0 spiro atoms. The van der Waals surface area contributed by atoms with Gasteiger partial charge in [0, 0.05) is 11.1 Å². The molecule has 0 unspecified atom stereocenters. The van der Waals surface area contributed by atoms with Gasteiger partial charge in [-0.1, -0.05) is 42.5 Å². The molecule has 1 aliphatic heterocycles. The van der Waals surface area contributed by atoms with Crippen molar-refractivity contribution in [3.8, 4) is 11.8 Å². The molecule has 30 heavy (non-hydrogen) atoms. The molecule has 0 N–H and O–H groups in total. The molecule has 0 radical (unpaired) electrons. The van der Waals surface area contributed by atoms with Gasteiger partial charge >= 0.3 is 0 Å². The lowest BCUT2D eigenvalue weighted by molar-refractivity contribution is -0.123. The van der Waals surface area contributed by atoms with Gasteiger partial charge in [-0.2, -0.15) is 5.26 Å². The van der Waals surface area contributed by atoms with E-state index in [4.69, 9.17) is 10.00 Å². The molecule has 3 aromatic carbocycles. The zero-order valence-corrected chi connectivity index (χ0v) is 16.3. The van der Waals surface area contributed by atoms with Crippen LogP contribution in [0, 0.1) is 11.3 Å². The molecule has 0 aliphatic carbocycles. The third-order valence-corrected chi connectivity index (χ3v) is 5.02. The first-order valence-corrected chi connectivity index (χ1v) is 9.41. The zero-order chi connectivity index (χ0) is 21.1. The van der Waals surface area contributed by atoms with Crippen LogP contribution in [0.15, 0.2) is 72.8 Å². The van der Waals surface area contributed by atoms with Gasteiger partial charge in [-0.25, -0.2) is 0 Å². The molecule has 1 heterocycles.